The van der Waals surface area contributed by atoms with E-state index in [0.29, 0.717) is 5.75 Å². The van der Waals surface area contributed by atoms with Gasteiger partial charge in [-0.25, -0.2) is 4.39 Å². The van der Waals surface area contributed by atoms with Crippen LogP contribution < -0.4 is 10.1 Å². The fourth-order valence-electron chi connectivity index (χ4n) is 2.39. The molecule has 2 aromatic carbocycles. The van der Waals surface area contributed by atoms with Crippen LogP contribution in [0.4, 0.5) is 4.39 Å². The van der Waals surface area contributed by atoms with Gasteiger partial charge in [0.1, 0.15) is 11.6 Å². The van der Waals surface area contributed by atoms with E-state index >= 15 is 0 Å². The topological polar surface area (TPSA) is 21.3 Å². The predicted octanol–water partition coefficient (Wildman–Crippen LogP) is 4.60. The highest BCUT2D eigenvalue weighted by Gasteiger charge is 2.20. The predicted molar refractivity (Wildman–Crippen MR) is 87.4 cm³/mol. The Morgan fingerprint density at radius 3 is 2.57 bits per heavy atom. The van der Waals surface area contributed by atoms with Crippen molar-refractivity contribution in [2.24, 2.45) is 0 Å². The molecule has 2 aromatic rings. The molecule has 0 saturated heterocycles. The monoisotopic (exact) mass is 351 g/mol. The molecule has 0 aliphatic rings. The number of hydrogen-bond donors (Lipinski definition) is 1. The Balaban J connectivity index is 2.55. The maximum atomic E-state index is 13.7. The van der Waals surface area contributed by atoms with Crippen LogP contribution >= 0.6 is 15.9 Å². The highest BCUT2D eigenvalue weighted by atomic mass is 79.9. The van der Waals surface area contributed by atoms with Gasteiger partial charge in [-0.15, -0.1) is 0 Å². The van der Waals surface area contributed by atoms with Gasteiger partial charge >= 0.3 is 0 Å². The Morgan fingerprint density at radius 1 is 1.19 bits per heavy atom. The van der Waals surface area contributed by atoms with Crippen molar-refractivity contribution in [1.29, 1.82) is 0 Å². The van der Waals surface area contributed by atoms with E-state index in [1.165, 1.54) is 17.7 Å². The summed E-state index contributed by atoms with van der Waals surface area (Å²) in [5.41, 5.74) is 3.03. The number of methoxy groups -OCH3 is 1. The first-order chi connectivity index (χ1) is 10.1. The van der Waals surface area contributed by atoms with Crippen LogP contribution in [0.25, 0.3) is 0 Å². The fraction of sp³-hybridized carbons (Fsp3) is 0.294. The van der Waals surface area contributed by atoms with Crippen LogP contribution in [0.2, 0.25) is 0 Å². The minimum atomic E-state index is -0.267. The molecule has 0 aromatic heterocycles. The molecule has 0 heterocycles. The van der Waals surface area contributed by atoms with Crippen LogP contribution in [0.1, 0.15) is 29.7 Å². The number of benzene rings is 2. The van der Waals surface area contributed by atoms with Gasteiger partial charge in [0.05, 0.1) is 13.2 Å². The summed E-state index contributed by atoms with van der Waals surface area (Å²) in [6, 6.07) is 10.6. The van der Waals surface area contributed by atoms with E-state index in [2.05, 4.69) is 39.4 Å². The molecule has 0 bridgehead atoms. The van der Waals surface area contributed by atoms with Gasteiger partial charge in [-0.05, 0) is 48.9 Å². The summed E-state index contributed by atoms with van der Waals surface area (Å²) in [6.07, 6.45) is 0. The van der Waals surface area contributed by atoms with E-state index < -0.39 is 0 Å². The molecule has 21 heavy (non-hydrogen) atoms. The summed E-state index contributed by atoms with van der Waals surface area (Å²) in [5, 5.41) is 3.40. The smallest absolute Gasteiger partial charge is 0.124 e. The van der Waals surface area contributed by atoms with Crippen LogP contribution in [0.3, 0.4) is 0 Å². The lowest BCUT2D eigenvalue weighted by Crippen LogP contribution is -2.23. The summed E-state index contributed by atoms with van der Waals surface area (Å²) in [6.45, 7) is 4.84. The van der Waals surface area contributed by atoms with E-state index in [1.807, 2.05) is 13.8 Å². The molecule has 1 N–H and O–H groups in total. The highest BCUT2D eigenvalue weighted by Crippen LogP contribution is 2.34. The van der Waals surface area contributed by atoms with Crippen LogP contribution in [-0.4, -0.2) is 13.7 Å². The van der Waals surface area contributed by atoms with Crippen molar-refractivity contribution in [3.8, 4) is 5.75 Å². The molecule has 0 aliphatic heterocycles. The molecule has 112 valence electrons. The molecule has 0 fully saturated rings. The lowest BCUT2D eigenvalue weighted by molar-refractivity contribution is 0.402. The molecule has 2 rings (SSSR count). The minimum Gasteiger partial charge on any atom is -0.496 e. The van der Waals surface area contributed by atoms with Gasteiger partial charge in [-0.1, -0.05) is 35.0 Å². The lowest BCUT2D eigenvalue weighted by Gasteiger charge is -2.22. The Morgan fingerprint density at radius 2 is 1.95 bits per heavy atom. The Hall–Kier alpha value is -1.39. The SMILES string of the molecule is CCNC(c1ccc(C)cc1Br)c1cc(F)ccc1OC. The Bertz CT molecular complexity index is 630. The second kappa shape index (κ2) is 7.05. The molecule has 0 radical (unpaired) electrons. The molecule has 0 amide bonds. The quantitative estimate of drug-likeness (QED) is 0.849. The van der Waals surface area contributed by atoms with Gasteiger partial charge in [0, 0.05) is 10.0 Å². The Labute approximate surface area is 133 Å². The summed E-state index contributed by atoms with van der Waals surface area (Å²) in [4.78, 5) is 0. The summed E-state index contributed by atoms with van der Waals surface area (Å²) in [7, 11) is 1.60. The molecule has 0 spiro atoms. The van der Waals surface area contributed by atoms with E-state index in [4.69, 9.17) is 4.74 Å². The van der Waals surface area contributed by atoms with Crippen LogP contribution in [0, 0.1) is 12.7 Å². The number of rotatable bonds is 5. The molecular formula is C17H19BrFNO. The van der Waals surface area contributed by atoms with E-state index in [9.17, 15) is 4.39 Å². The highest BCUT2D eigenvalue weighted by molar-refractivity contribution is 9.10. The third-order valence-electron chi connectivity index (χ3n) is 3.38. The summed E-state index contributed by atoms with van der Waals surface area (Å²) < 4.78 is 20.1. The zero-order chi connectivity index (χ0) is 15.4. The second-order valence-corrected chi connectivity index (χ2v) is 5.76. The van der Waals surface area contributed by atoms with Gasteiger partial charge in [-0.2, -0.15) is 0 Å². The minimum absolute atomic E-state index is 0.129. The fourth-order valence-corrected chi connectivity index (χ4v) is 3.11. The molecule has 2 nitrogen and oxygen atoms in total. The van der Waals surface area contributed by atoms with Gasteiger partial charge < -0.3 is 10.1 Å². The first kappa shape index (κ1) is 16.0. The average molecular weight is 352 g/mol. The number of halogens is 2. The second-order valence-electron chi connectivity index (χ2n) is 4.90. The molecule has 0 saturated carbocycles. The van der Waals surface area contributed by atoms with Gasteiger partial charge in [0.2, 0.25) is 0 Å². The average Bonchev–Trinajstić information content (AvgIpc) is 2.45. The van der Waals surface area contributed by atoms with Gasteiger partial charge in [-0.3, -0.25) is 0 Å². The zero-order valence-corrected chi connectivity index (χ0v) is 14.0. The van der Waals surface area contributed by atoms with E-state index in [1.54, 1.807) is 13.2 Å². The van der Waals surface area contributed by atoms with Crippen LogP contribution in [0.5, 0.6) is 5.75 Å². The van der Waals surface area contributed by atoms with Crippen molar-refractivity contribution in [3.05, 3.63) is 63.4 Å². The Kier molecular flexibility index (Phi) is 5.37. The van der Waals surface area contributed by atoms with E-state index in [0.717, 1.165) is 22.1 Å². The van der Waals surface area contributed by atoms with Crippen molar-refractivity contribution in [1.82, 2.24) is 5.32 Å². The molecule has 1 unspecified atom stereocenters. The molecule has 4 heteroatoms. The van der Waals surface area contributed by atoms with Gasteiger partial charge in [0.25, 0.3) is 0 Å². The standard InChI is InChI=1S/C17H19BrFNO/c1-4-20-17(13-7-5-11(2)9-15(13)18)14-10-12(19)6-8-16(14)21-3/h5-10,17,20H,4H2,1-3H3. The first-order valence-corrected chi connectivity index (χ1v) is 7.69. The first-order valence-electron chi connectivity index (χ1n) is 6.89. The zero-order valence-electron chi connectivity index (χ0n) is 12.4. The van der Waals surface area contributed by atoms with Gasteiger partial charge in [0.15, 0.2) is 0 Å². The number of aryl methyl sites for hydroxylation is 1. The molecule has 0 aliphatic carbocycles. The number of hydrogen-bond acceptors (Lipinski definition) is 2. The van der Waals surface area contributed by atoms with Crippen molar-refractivity contribution < 1.29 is 9.13 Å². The normalized spacial score (nSPS) is 12.2. The lowest BCUT2D eigenvalue weighted by atomic mass is 9.96. The van der Waals surface area contributed by atoms with Crippen LogP contribution in [-0.2, 0) is 0 Å². The summed E-state index contributed by atoms with van der Waals surface area (Å²) >= 11 is 3.61. The van der Waals surface area contributed by atoms with Crippen LogP contribution in [0.15, 0.2) is 40.9 Å². The largest absolute Gasteiger partial charge is 0.496 e. The van der Waals surface area contributed by atoms with Crippen molar-refractivity contribution >= 4 is 15.9 Å². The molecule has 1 atom stereocenters. The number of nitrogens with one attached hydrogen (secondary N) is 1. The van der Waals surface area contributed by atoms with Crippen molar-refractivity contribution in [3.63, 3.8) is 0 Å². The number of ether oxygens (including phenoxy) is 1. The third-order valence-corrected chi connectivity index (χ3v) is 4.06. The van der Waals surface area contributed by atoms with E-state index in [-0.39, 0.29) is 11.9 Å². The van der Waals surface area contributed by atoms with Crippen molar-refractivity contribution in [2.45, 2.75) is 19.9 Å². The third kappa shape index (κ3) is 3.63. The molecular weight excluding hydrogens is 333 g/mol. The summed E-state index contributed by atoms with van der Waals surface area (Å²) in [5.74, 6) is 0.409. The van der Waals surface area contributed by atoms with Crippen molar-refractivity contribution in [2.75, 3.05) is 13.7 Å². The maximum Gasteiger partial charge on any atom is 0.124 e. The maximum absolute atomic E-state index is 13.7.